The van der Waals surface area contributed by atoms with Gasteiger partial charge in [0, 0.05) is 38.4 Å². The summed E-state index contributed by atoms with van der Waals surface area (Å²) in [5, 5.41) is 20.0. The first kappa shape index (κ1) is 53.9. The van der Waals surface area contributed by atoms with Crippen LogP contribution in [0.4, 0.5) is 24.5 Å². The van der Waals surface area contributed by atoms with E-state index in [0.29, 0.717) is 37.4 Å². The van der Waals surface area contributed by atoms with Crippen LogP contribution < -0.4 is 24.8 Å². The Bertz CT molecular complexity index is 3190. The van der Waals surface area contributed by atoms with Gasteiger partial charge in [-0.2, -0.15) is 18.4 Å². The van der Waals surface area contributed by atoms with Crippen molar-refractivity contribution in [1.82, 2.24) is 19.4 Å². The minimum Gasteiger partial charge on any atom is -0.494 e. The van der Waals surface area contributed by atoms with E-state index in [1.54, 1.807) is 78.6 Å². The van der Waals surface area contributed by atoms with Gasteiger partial charge in [-0.05, 0) is 129 Å². The average Bonchev–Trinajstić information content (AvgIpc) is 4.05. The summed E-state index contributed by atoms with van der Waals surface area (Å²) in [7, 11) is 1.68. The number of carbonyl (C=O) groups is 3. The van der Waals surface area contributed by atoms with Crippen molar-refractivity contribution in [2.45, 2.75) is 90.3 Å². The Morgan fingerprint density at radius 3 is 2.17 bits per heavy atom. The van der Waals surface area contributed by atoms with Crippen molar-refractivity contribution in [3.05, 3.63) is 148 Å². The van der Waals surface area contributed by atoms with Crippen molar-refractivity contribution in [2.75, 3.05) is 36.6 Å². The van der Waals surface area contributed by atoms with Crippen molar-refractivity contribution in [3.63, 3.8) is 0 Å². The molecule has 2 aliphatic heterocycles. The number of likely N-dealkylation sites (N-methyl/N-ethyl adjacent to an activating group) is 1. The number of rotatable bonds is 17. The molecule has 0 saturated carbocycles. The molecule has 2 saturated heterocycles. The molecular formula is C56H56F3N7O7S2. The monoisotopic (exact) mass is 1060 g/mol. The second-order valence-electron chi connectivity index (χ2n) is 19.5. The van der Waals surface area contributed by atoms with Crippen LogP contribution in [-0.4, -0.2) is 91.8 Å². The van der Waals surface area contributed by atoms with Gasteiger partial charge in [0.2, 0.25) is 11.8 Å². The molecule has 4 aromatic carbocycles. The highest BCUT2D eigenvalue weighted by atomic mass is 32.1. The Morgan fingerprint density at radius 2 is 1.56 bits per heavy atom. The molecule has 8 rings (SSSR count). The summed E-state index contributed by atoms with van der Waals surface area (Å²) < 4.78 is 54.7. The number of alkyl halides is 3. The molecule has 2 aliphatic rings. The molecule has 3 amide bonds. The first-order valence-corrected chi connectivity index (χ1v) is 25.7. The molecule has 0 aliphatic carbocycles. The van der Waals surface area contributed by atoms with Gasteiger partial charge in [0.1, 0.15) is 23.4 Å². The Labute approximate surface area is 442 Å². The Hall–Kier alpha value is -7.40. The van der Waals surface area contributed by atoms with E-state index in [2.05, 4.69) is 4.98 Å². The predicted molar refractivity (Wildman–Crippen MR) is 284 cm³/mol. The number of unbranched alkanes of at least 4 members (excludes halogenated alkanes) is 1. The third-order valence-corrected chi connectivity index (χ3v) is 14.8. The molecule has 4 heterocycles. The molecule has 2 fully saturated rings. The number of aromatic nitrogens is 2. The van der Waals surface area contributed by atoms with Gasteiger partial charge in [-0.3, -0.25) is 28.6 Å². The quantitative estimate of drug-likeness (QED) is 0.0684. The van der Waals surface area contributed by atoms with Crippen molar-refractivity contribution in [2.24, 2.45) is 5.92 Å². The standard InChI is InChI=1S/C56H56F3N7O7S2/c1-34(2)48(52(70)64-32-43(67)29-46(64)50(68)62(6)31-36-11-13-39(14-12-36)49-35(3)61-33-75-49)63-25-9-10-47(51(63)69)73-27-8-7-26-72-44-23-18-38(19-24-44)37-15-20-41(21-16-37)66-54(74)65(53(71)55(66,4)5)42-22-17-40(30-60)45(28-42)56(57,58)59/h9-25,28,33-34,43,46,48,67H,7-8,26-27,29,31-32H2,1-6H3/t43-,46+,48?/m1/s1. The molecular weight excluding hydrogens is 1000 g/mol. The maximum Gasteiger partial charge on any atom is 0.417 e. The van der Waals surface area contributed by atoms with Crippen LogP contribution in [0.3, 0.4) is 0 Å². The number of carbonyl (C=O) groups excluding carboxylic acids is 3. The fourth-order valence-electron chi connectivity index (χ4n) is 9.53. The highest BCUT2D eigenvalue weighted by Crippen LogP contribution is 2.40. The van der Waals surface area contributed by atoms with Crippen LogP contribution in [0.2, 0.25) is 0 Å². The third-order valence-electron chi connectivity index (χ3n) is 13.5. The van der Waals surface area contributed by atoms with Crippen molar-refractivity contribution in [1.29, 1.82) is 5.26 Å². The van der Waals surface area contributed by atoms with Gasteiger partial charge in [0.05, 0.1) is 58.3 Å². The number of amides is 3. The number of halogens is 3. The number of benzene rings is 4. The first-order chi connectivity index (χ1) is 35.7. The molecule has 0 spiro atoms. The zero-order valence-electron chi connectivity index (χ0n) is 42.2. The number of aliphatic hydroxyl groups is 1. The number of thiazole rings is 1. The molecule has 390 valence electrons. The van der Waals surface area contributed by atoms with Crippen LogP contribution in [0.25, 0.3) is 21.6 Å². The van der Waals surface area contributed by atoms with Gasteiger partial charge < -0.3 is 29.3 Å². The highest BCUT2D eigenvalue weighted by molar-refractivity contribution is 7.81. The van der Waals surface area contributed by atoms with Crippen LogP contribution in [0.1, 0.15) is 75.4 Å². The van der Waals surface area contributed by atoms with Gasteiger partial charge in [-0.1, -0.05) is 62.4 Å². The normalized spacial score (nSPS) is 16.9. The van der Waals surface area contributed by atoms with E-state index in [0.717, 1.165) is 49.9 Å². The molecule has 0 bridgehead atoms. The Balaban J connectivity index is 0.826. The summed E-state index contributed by atoms with van der Waals surface area (Å²) >= 11 is 7.25. The number of aryl methyl sites for hydroxylation is 1. The number of ether oxygens (including phenoxy) is 2. The molecule has 6 aromatic rings. The Morgan fingerprint density at radius 1 is 0.933 bits per heavy atom. The van der Waals surface area contributed by atoms with E-state index in [9.17, 15) is 42.7 Å². The second kappa shape index (κ2) is 22.2. The van der Waals surface area contributed by atoms with Gasteiger partial charge in [0.25, 0.3) is 11.5 Å². The van der Waals surface area contributed by atoms with Crippen LogP contribution in [-0.2, 0) is 27.1 Å². The number of thiocarbonyl (C=S) groups is 1. The van der Waals surface area contributed by atoms with Gasteiger partial charge in [0.15, 0.2) is 10.9 Å². The van der Waals surface area contributed by atoms with Crippen molar-refractivity contribution < 1.29 is 42.1 Å². The van der Waals surface area contributed by atoms with E-state index in [-0.39, 0.29) is 47.9 Å². The number of hydrogen-bond acceptors (Lipinski definition) is 11. The molecule has 2 aromatic heterocycles. The summed E-state index contributed by atoms with van der Waals surface area (Å²) in [6.45, 7) is 9.76. The van der Waals surface area contributed by atoms with Crippen molar-refractivity contribution >= 4 is 57.8 Å². The van der Waals surface area contributed by atoms with E-state index in [1.807, 2.05) is 86.9 Å². The maximum atomic E-state index is 14.4. The third kappa shape index (κ3) is 11.3. The van der Waals surface area contributed by atoms with Crippen LogP contribution in [0, 0.1) is 24.2 Å². The first-order valence-electron chi connectivity index (χ1n) is 24.4. The number of β-amino-alcohol motifs (C(OH)–C–C–N with tert-alkyl or cyclic N) is 1. The zero-order valence-corrected chi connectivity index (χ0v) is 43.8. The summed E-state index contributed by atoms with van der Waals surface area (Å²) in [6, 6.07) is 28.7. The topological polar surface area (TPSA) is 162 Å². The van der Waals surface area contributed by atoms with Crippen LogP contribution in [0.5, 0.6) is 11.5 Å². The molecule has 0 radical (unpaired) electrons. The number of nitriles is 1. The highest BCUT2D eigenvalue weighted by Gasteiger charge is 2.51. The summed E-state index contributed by atoms with van der Waals surface area (Å²) in [6.07, 6.45) is -2.91. The smallest absolute Gasteiger partial charge is 0.417 e. The minimum atomic E-state index is -4.81. The molecule has 14 nitrogen and oxygen atoms in total. The lowest BCUT2D eigenvalue weighted by atomic mass is 10.0. The van der Waals surface area contributed by atoms with Crippen molar-refractivity contribution in [3.8, 4) is 39.1 Å². The molecule has 1 unspecified atom stereocenters. The lowest BCUT2D eigenvalue weighted by Gasteiger charge is -2.32. The summed E-state index contributed by atoms with van der Waals surface area (Å²) in [5.74, 6) is -0.873. The lowest BCUT2D eigenvalue weighted by Crippen LogP contribution is -2.50. The van der Waals surface area contributed by atoms with Gasteiger partial charge in [-0.25, -0.2) is 4.98 Å². The van der Waals surface area contributed by atoms with E-state index >= 15 is 0 Å². The summed E-state index contributed by atoms with van der Waals surface area (Å²) in [4.78, 5) is 66.9. The van der Waals surface area contributed by atoms with Crippen LogP contribution >= 0.6 is 23.6 Å². The summed E-state index contributed by atoms with van der Waals surface area (Å²) in [5.41, 5.74) is 3.50. The fourth-order valence-corrected chi connectivity index (χ4v) is 10.9. The molecule has 3 atom stereocenters. The number of aliphatic hydroxyl groups excluding tert-OH is 1. The number of pyridine rings is 1. The van der Waals surface area contributed by atoms with E-state index < -0.39 is 58.4 Å². The molecule has 1 N–H and O–H groups in total. The maximum absolute atomic E-state index is 14.4. The fraction of sp³-hybridized carbons (Fsp3) is 0.339. The number of anilines is 2. The zero-order chi connectivity index (χ0) is 53.9. The second-order valence-corrected chi connectivity index (χ2v) is 20.7. The number of hydrogen-bond donors (Lipinski definition) is 1. The van der Waals surface area contributed by atoms with E-state index in [4.69, 9.17) is 21.7 Å². The minimum absolute atomic E-state index is 0.00179. The lowest BCUT2D eigenvalue weighted by molar-refractivity contribution is -0.146. The van der Waals surface area contributed by atoms with E-state index in [1.165, 1.54) is 15.5 Å². The van der Waals surface area contributed by atoms with Gasteiger partial charge >= 0.3 is 6.18 Å². The molecule has 19 heteroatoms. The predicted octanol–water partition coefficient (Wildman–Crippen LogP) is 9.81. The number of likely N-dealkylation sites (tertiary alicyclic amines) is 1. The Kier molecular flexibility index (Phi) is 16.0. The number of nitrogens with zero attached hydrogens (tertiary/aromatic N) is 7. The SMILES string of the molecule is Cc1ncsc1-c1ccc(CN(C)C(=O)[C@@H]2C[C@@H](O)CN2C(=O)C(C(C)C)n2cccc(OCCCCOc3ccc(-c4ccc(N5C(=S)N(c6ccc(C#N)c(C(F)(F)F)c6)C(=O)C5(C)C)cc4)cc3)c2=O)cc1. The van der Waals surface area contributed by atoms with Crippen LogP contribution in [0.15, 0.2) is 120 Å². The average molecular weight is 1060 g/mol. The van der Waals surface area contributed by atoms with Gasteiger partial charge in [-0.15, -0.1) is 11.3 Å². The molecule has 75 heavy (non-hydrogen) atoms. The largest absolute Gasteiger partial charge is 0.494 e.